The van der Waals surface area contributed by atoms with Crippen LogP contribution >= 0.6 is 12.2 Å². The lowest BCUT2D eigenvalue weighted by atomic mass is 10.2. The van der Waals surface area contributed by atoms with Gasteiger partial charge in [0.25, 0.3) is 5.69 Å². The van der Waals surface area contributed by atoms with Gasteiger partial charge in [0.2, 0.25) is 0 Å². The number of anilines is 2. The summed E-state index contributed by atoms with van der Waals surface area (Å²) in [7, 11) is 3.12. The average molecular weight is 333 g/mol. The first-order valence-electron chi connectivity index (χ1n) is 6.58. The third-order valence-electron chi connectivity index (χ3n) is 2.99. The van der Waals surface area contributed by atoms with Gasteiger partial charge in [0, 0.05) is 23.9 Å². The van der Waals surface area contributed by atoms with Crippen LogP contribution in [0.15, 0.2) is 42.5 Å². The highest BCUT2D eigenvalue weighted by Gasteiger charge is 2.08. The Morgan fingerprint density at radius 2 is 1.78 bits per heavy atom. The van der Waals surface area contributed by atoms with E-state index in [1.807, 2.05) is 0 Å². The van der Waals surface area contributed by atoms with Gasteiger partial charge in [0.1, 0.15) is 11.5 Å². The van der Waals surface area contributed by atoms with E-state index in [-0.39, 0.29) is 5.69 Å². The normalized spacial score (nSPS) is 9.83. The Labute approximate surface area is 138 Å². The van der Waals surface area contributed by atoms with Crippen molar-refractivity contribution in [3.63, 3.8) is 0 Å². The van der Waals surface area contributed by atoms with Crippen LogP contribution in [0.5, 0.6) is 11.5 Å². The molecule has 0 fully saturated rings. The van der Waals surface area contributed by atoms with Crippen molar-refractivity contribution in [1.29, 1.82) is 0 Å². The van der Waals surface area contributed by atoms with Crippen LogP contribution in [-0.4, -0.2) is 24.3 Å². The average Bonchev–Trinajstić information content (AvgIpc) is 2.55. The van der Waals surface area contributed by atoms with Gasteiger partial charge in [-0.2, -0.15) is 0 Å². The van der Waals surface area contributed by atoms with E-state index in [1.165, 1.54) is 12.1 Å². The van der Waals surface area contributed by atoms with Crippen LogP contribution in [0.1, 0.15) is 0 Å². The van der Waals surface area contributed by atoms with E-state index in [4.69, 9.17) is 21.7 Å². The third-order valence-corrected chi connectivity index (χ3v) is 3.19. The Morgan fingerprint density at radius 3 is 2.35 bits per heavy atom. The number of hydrogen-bond donors (Lipinski definition) is 2. The topological polar surface area (TPSA) is 85.7 Å². The third kappa shape index (κ3) is 4.30. The van der Waals surface area contributed by atoms with Crippen molar-refractivity contribution in [2.24, 2.45) is 0 Å². The van der Waals surface area contributed by atoms with Gasteiger partial charge in [0.15, 0.2) is 5.11 Å². The van der Waals surface area contributed by atoms with Crippen LogP contribution in [0.3, 0.4) is 0 Å². The highest BCUT2D eigenvalue weighted by molar-refractivity contribution is 7.80. The van der Waals surface area contributed by atoms with Gasteiger partial charge in [0.05, 0.1) is 24.8 Å². The van der Waals surface area contributed by atoms with Gasteiger partial charge in [-0.1, -0.05) is 0 Å². The molecule has 0 amide bonds. The van der Waals surface area contributed by atoms with Crippen LogP contribution in [0.4, 0.5) is 17.1 Å². The molecule has 0 aliphatic rings. The van der Waals surface area contributed by atoms with Gasteiger partial charge in [-0.25, -0.2) is 0 Å². The molecule has 0 saturated heterocycles. The van der Waals surface area contributed by atoms with Gasteiger partial charge in [-0.3, -0.25) is 10.1 Å². The van der Waals surface area contributed by atoms with Crippen molar-refractivity contribution >= 4 is 34.4 Å². The Hall–Kier alpha value is -2.87. The molecule has 2 aromatic rings. The zero-order chi connectivity index (χ0) is 16.8. The fraction of sp³-hybridized carbons (Fsp3) is 0.133. The minimum Gasteiger partial charge on any atom is -0.497 e. The number of hydrogen-bond acceptors (Lipinski definition) is 5. The number of non-ortho nitro benzene ring substituents is 1. The predicted octanol–water partition coefficient (Wildman–Crippen LogP) is 3.42. The molecule has 23 heavy (non-hydrogen) atoms. The number of thiocarbonyl (C=S) groups is 1. The largest absolute Gasteiger partial charge is 0.497 e. The molecule has 0 radical (unpaired) electrons. The highest BCUT2D eigenvalue weighted by Crippen LogP contribution is 2.29. The fourth-order valence-electron chi connectivity index (χ4n) is 1.86. The van der Waals surface area contributed by atoms with E-state index in [0.29, 0.717) is 28.0 Å². The summed E-state index contributed by atoms with van der Waals surface area (Å²) in [5.41, 5.74) is 1.30. The highest BCUT2D eigenvalue weighted by atomic mass is 32.1. The van der Waals surface area contributed by atoms with Gasteiger partial charge < -0.3 is 20.1 Å². The molecule has 0 bridgehead atoms. The monoisotopic (exact) mass is 333 g/mol. The molecule has 2 aromatic carbocycles. The predicted molar refractivity (Wildman–Crippen MR) is 92.5 cm³/mol. The molecular formula is C15H15N3O4S. The van der Waals surface area contributed by atoms with Crippen LogP contribution in [0.2, 0.25) is 0 Å². The summed E-state index contributed by atoms with van der Waals surface area (Å²) in [5.74, 6) is 1.27. The number of ether oxygens (including phenoxy) is 2. The summed E-state index contributed by atoms with van der Waals surface area (Å²) >= 11 is 5.24. The van der Waals surface area contributed by atoms with Crippen molar-refractivity contribution in [2.45, 2.75) is 0 Å². The van der Waals surface area contributed by atoms with E-state index in [1.54, 1.807) is 44.6 Å². The van der Waals surface area contributed by atoms with Crippen molar-refractivity contribution in [2.75, 3.05) is 24.9 Å². The lowest BCUT2D eigenvalue weighted by molar-refractivity contribution is -0.384. The Balaban J connectivity index is 2.08. The number of nitrogens with one attached hydrogen (secondary N) is 2. The number of rotatable bonds is 5. The molecule has 0 aliphatic carbocycles. The second kappa shape index (κ2) is 7.41. The maximum atomic E-state index is 10.6. The van der Waals surface area contributed by atoms with Crippen LogP contribution in [-0.2, 0) is 0 Å². The lowest BCUT2D eigenvalue weighted by Gasteiger charge is -2.14. The number of nitrogens with zero attached hydrogens (tertiary/aromatic N) is 1. The lowest BCUT2D eigenvalue weighted by Crippen LogP contribution is -2.19. The van der Waals surface area contributed by atoms with Crippen molar-refractivity contribution in [3.8, 4) is 11.5 Å². The quantitative estimate of drug-likeness (QED) is 0.492. The number of benzene rings is 2. The van der Waals surface area contributed by atoms with E-state index < -0.39 is 4.92 Å². The van der Waals surface area contributed by atoms with Crippen molar-refractivity contribution in [1.82, 2.24) is 0 Å². The van der Waals surface area contributed by atoms with E-state index >= 15 is 0 Å². The van der Waals surface area contributed by atoms with Gasteiger partial charge >= 0.3 is 0 Å². The second-order valence-electron chi connectivity index (χ2n) is 4.45. The standard InChI is InChI=1S/C15H15N3O4S/c1-21-12-7-8-14(22-2)13(9-12)17-15(23)16-10-3-5-11(6-4-10)18(19)20/h3-9H,1-2H3,(H2,16,17,23). The molecule has 0 heterocycles. The second-order valence-corrected chi connectivity index (χ2v) is 4.86. The SMILES string of the molecule is COc1ccc(OC)c(NC(=S)Nc2ccc([N+](=O)[O-])cc2)c1. The Morgan fingerprint density at radius 1 is 1.09 bits per heavy atom. The zero-order valence-corrected chi connectivity index (χ0v) is 13.3. The number of nitro benzene ring substituents is 1. The minimum absolute atomic E-state index is 0.0175. The summed E-state index contributed by atoms with van der Waals surface area (Å²) in [5, 5.41) is 16.9. The molecule has 0 aliphatic heterocycles. The van der Waals surface area contributed by atoms with Crippen molar-refractivity contribution in [3.05, 3.63) is 52.6 Å². The molecule has 0 atom stereocenters. The first-order chi connectivity index (χ1) is 11.0. The molecule has 120 valence electrons. The Kier molecular flexibility index (Phi) is 5.32. The van der Waals surface area contributed by atoms with Crippen LogP contribution in [0.25, 0.3) is 0 Å². The zero-order valence-electron chi connectivity index (χ0n) is 12.5. The first-order valence-corrected chi connectivity index (χ1v) is 6.99. The maximum Gasteiger partial charge on any atom is 0.269 e. The maximum absolute atomic E-state index is 10.6. The molecular weight excluding hydrogens is 318 g/mol. The summed E-state index contributed by atoms with van der Waals surface area (Å²) in [6, 6.07) is 11.2. The van der Waals surface area contributed by atoms with Gasteiger partial charge in [-0.05, 0) is 36.5 Å². The fourth-order valence-corrected chi connectivity index (χ4v) is 2.09. The van der Waals surface area contributed by atoms with Gasteiger partial charge in [-0.15, -0.1) is 0 Å². The van der Waals surface area contributed by atoms with E-state index in [0.717, 1.165) is 0 Å². The summed E-state index contributed by atoms with van der Waals surface area (Å²) in [6.45, 7) is 0. The molecule has 0 unspecified atom stereocenters. The minimum atomic E-state index is -0.457. The molecule has 0 aromatic heterocycles. The Bertz CT molecular complexity index is 719. The van der Waals surface area contributed by atoms with E-state index in [9.17, 15) is 10.1 Å². The molecule has 7 nitrogen and oxygen atoms in total. The number of nitro groups is 1. The van der Waals surface area contributed by atoms with Crippen LogP contribution in [0, 0.1) is 10.1 Å². The molecule has 2 rings (SSSR count). The van der Waals surface area contributed by atoms with E-state index in [2.05, 4.69) is 10.6 Å². The smallest absolute Gasteiger partial charge is 0.269 e. The first kappa shape index (κ1) is 16.5. The molecule has 0 saturated carbocycles. The summed E-state index contributed by atoms with van der Waals surface area (Å²) in [4.78, 5) is 10.2. The summed E-state index contributed by atoms with van der Waals surface area (Å²) in [6.07, 6.45) is 0. The molecule has 8 heteroatoms. The molecule has 2 N–H and O–H groups in total. The molecule has 0 spiro atoms. The number of methoxy groups -OCH3 is 2. The van der Waals surface area contributed by atoms with Crippen LogP contribution < -0.4 is 20.1 Å². The summed E-state index contributed by atoms with van der Waals surface area (Å²) < 4.78 is 10.4. The van der Waals surface area contributed by atoms with Crippen molar-refractivity contribution < 1.29 is 14.4 Å².